The normalized spacial score (nSPS) is 11.1. The molecule has 0 radical (unpaired) electrons. The summed E-state index contributed by atoms with van der Waals surface area (Å²) < 4.78 is 7.17. The van der Waals surface area contributed by atoms with Gasteiger partial charge in [-0.2, -0.15) is 0 Å². The summed E-state index contributed by atoms with van der Waals surface area (Å²) in [6.07, 6.45) is 1.02. The average molecular weight is 443 g/mol. The van der Waals surface area contributed by atoms with Gasteiger partial charge in [0, 0.05) is 36.1 Å². The number of rotatable bonds is 9. The molecule has 2 N–H and O–H groups in total. The summed E-state index contributed by atoms with van der Waals surface area (Å²) in [5.74, 6) is -0.135. The van der Waals surface area contributed by atoms with Crippen molar-refractivity contribution in [3.63, 3.8) is 0 Å². The number of aromatic carboxylic acids is 1. The molecule has 1 heterocycles. The number of aromatic nitrogens is 1. The number of aryl methyl sites for hydroxylation is 2. The van der Waals surface area contributed by atoms with Gasteiger partial charge < -0.3 is 19.7 Å². The number of hydrogen-bond acceptors (Lipinski definition) is 3. The summed E-state index contributed by atoms with van der Waals surface area (Å²) in [6.45, 7) is 5.81. The summed E-state index contributed by atoms with van der Waals surface area (Å²) in [5.41, 5.74) is 6.70. The zero-order valence-corrected chi connectivity index (χ0v) is 19.4. The molecule has 0 saturated heterocycles. The van der Waals surface area contributed by atoms with Crippen LogP contribution in [0.2, 0.25) is 0 Å². The van der Waals surface area contributed by atoms with Gasteiger partial charge in [-0.25, -0.2) is 4.79 Å². The van der Waals surface area contributed by atoms with Crippen molar-refractivity contribution in [1.82, 2.24) is 9.88 Å². The van der Waals surface area contributed by atoms with Crippen molar-refractivity contribution < 1.29 is 14.6 Å². The van der Waals surface area contributed by atoms with E-state index in [0.717, 1.165) is 39.8 Å². The fraction of sp³-hybridized carbons (Fsp3) is 0.250. The number of hydrogen-bond donors (Lipinski definition) is 2. The Labute approximate surface area is 194 Å². The number of methoxy groups -OCH3 is 1. The molecule has 0 aliphatic rings. The highest BCUT2D eigenvalue weighted by Gasteiger charge is 2.22. The third-order valence-electron chi connectivity index (χ3n) is 6.09. The quantitative estimate of drug-likeness (QED) is 0.356. The highest BCUT2D eigenvalue weighted by Crippen LogP contribution is 2.29. The van der Waals surface area contributed by atoms with Gasteiger partial charge in [0.05, 0.1) is 7.11 Å². The minimum atomic E-state index is -0.915. The minimum absolute atomic E-state index is 0.334. The zero-order chi connectivity index (χ0) is 23.4. The number of carbonyl (C=O) groups is 1. The van der Waals surface area contributed by atoms with Crippen molar-refractivity contribution in [2.24, 2.45) is 0 Å². The van der Waals surface area contributed by atoms with E-state index in [1.807, 2.05) is 47.9 Å². The molecule has 5 nitrogen and oxygen atoms in total. The first-order chi connectivity index (χ1) is 16.0. The van der Waals surface area contributed by atoms with E-state index >= 15 is 0 Å². The number of nitrogens with one attached hydrogen (secondary N) is 1. The van der Waals surface area contributed by atoms with Crippen molar-refractivity contribution in [2.75, 3.05) is 7.11 Å². The number of carboxylic acids is 1. The van der Waals surface area contributed by atoms with Gasteiger partial charge in [-0.1, -0.05) is 55.5 Å². The third-order valence-corrected chi connectivity index (χ3v) is 6.09. The summed E-state index contributed by atoms with van der Waals surface area (Å²) in [4.78, 5) is 12.4. The van der Waals surface area contributed by atoms with Crippen molar-refractivity contribution in [2.45, 2.75) is 39.9 Å². The molecule has 0 bridgehead atoms. The number of carboxylic acid groups (broad SMARTS) is 1. The maximum absolute atomic E-state index is 12.4. The molecule has 4 aromatic rings. The summed E-state index contributed by atoms with van der Waals surface area (Å²) in [7, 11) is 1.64. The van der Waals surface area contributed by atoms with Crippen molar-refractivity contribution in [3.05, 3.63) is 100 Å². The molecule has 0 unspecified atom stereocenters. The summed E-state index contributed by atoms with van der Waals surface area (Å²) in [6, 6.07) is 22.4. The second-order valence-electron chi connectivity index (χ2n) is 8.36. The first-order valence-electron chi connectivity index (χ1n) is 11.3. The molecule has 0 fully saturated rings. The van der Waals surface area contributed by atoms with Crippen LogP contribution in [-0.2, 0) is 26.1 Å². The molecule has 0 aliphatic carbocycles. The Morgan fingerprint density at radius 3 is 2.24 bits per heavy atom. The predicted octanol–water partition coefficient (Wildman–Crippen LogP) is 5.56. The van der Waals surface area contributed by atoms with Crippen LogP contribution in [0.1, 0.15) is 45.2 Å². The monoisotopic (exact) mass is 442 g/mol. The number of ether oxygens (including phenoxy) is 1. The number of benzene rings is 3. The Balaban J connectivity index is 1.67. The van der Waals surface area contributed by atoms with Crippen molar-refractivity contribution in [1.29, 1.82) is 0 Å². The number of nitrogens with zero attached hydrogens (tertiary/aromatic N) is 1. The summed E-state index contributed by atoms with van der Waals surface area (Å²) in [5, 5.41) is 14.6. The minimum Gasteiger partial charge on any atom is -0.497 e. The Morgan fingerprint density at radius 1 is 0.939 bits per heavy atom. The summed E-state index contributed by atoms with van der Waals surface area (Å²) >= 11 is 0. The van der Waals surface area contributed by atoms with E-state index in [-0.39, 0.29) is 0 Å². The molecule has 0 amide bonds. The molecule has 0 spiro atoms. The van der Waals surface area contributed by atoms with Gasteiger partial charge in [-0.15, -0.1) is 0 Å². The maximum Gasteiger partial charge on any atom is 0.352 e. The van der Waals surface area contributed by atoms with Crippen LogP contribution < -0.4 is 10.1 Å². The SMILES string of the molecule is CCc1ccc(CNCc2c(C(=O)O)n(Cc3ccc(OC)cc3)c3cc(C)ccc23)cc1. The molecule has 0 saturated carbocycles. The van der Waals surface area contributed by atoms with E-state index in [4.69, 9.17) is 4.74 Å². The second-order valence-corrected chi connectivity index (χ2v) is 8.36. The lowest BCUT2D eigenvalue weighted by molar-refractivity contribution is 0.0684. The van der Waals surface area contributed by atoms with E-state index < -0.39 is 5.97 Å². The highest BCUT2D eigenvalue weighted by atomic mass is 16.5. The fourth-order valence-corrected chi connectivity index (χ4v) is 4.26. The van der Waals surface area contributed by atoms with Crippen molar-refractivity contribution >= 4 is 16.9 Å². The van der Waals surface area contributed by atoms with Gasteiger partial charge in [0.2, 0.25) is 0 Å². The van der Waals surface area contributed by atoms with Crippen LogP contribution in [-0.4, -0.2) is 22.8 Å². The Morgan fingerprint density at radius 2 is 1.61 bits per heavy atom. The Hall–Kier alpha value is -3.57. The molecule has 33 heavy (non-hydrogen) atoms. The Bertz CT molecular complexity index is 1260. The van der Waals surface area contributed by atoms with Gasteiger partial charge in [0.1, 0.15) is 11.4 Å². The second kappa shape index (κ2) is 9.92. The highest BCUT2D eigenvalue weighted by molar-refractivity contribution is 5.98. The topological polar surface area (TPSA) is 63.5 Å². The molecule has 3 aromatic carbocycles. The molecule has 0 aliphatic heterocycles. The lowest BCUT2D eigenvalue weighted by Gasteiger charge is -2.11. The van der Waals surface area contributed by atoms with Crippen molar-refractivity contribution in [3.8, 4) is 5.75 Å². The van der Waals surface area contributed by atoms with E-state index in [1.54, 1.807) is 7.11 Å². The Kier molecular flexibility index (Phi) is 6.80. The largest absolute Gasteiger partial charge is 0.497 e. The van der Waals surface area contributed by atoms with E-state index in [0.29, 0.717) is 25.3 Å². The van der Waals surface area contributed by atoms with E-state index in [1.165, 1.54) is 11.1 Å². The van der Waals surface area contributed by atoms with Gasteiger partial charge in [-0.05, 0) is 53.8 Å². The molecular formula is C28H30N2O3. The molecule has 4 rings (SSSR count). The predicted molar refractivity (Wildman–Crippen MR) is 132 cm³/mol. The van der Waals surface area contributed by atoms with Crippen LogP contribution in [0.5, 0.6) is 5.75 Å². The zero-order valence-electron chi connectivity index (χ0n) is 19.4. The maximum atomic E-state index is 12.4. The molecule has 5 heteroatoms. The standard InChI is InChI=1S/C28H30N2O3/c1-4-20-6-8-21(9-7-20)16-29-17-25-24-14-5-19(2)15-26(24)30(27(25)28(31)32)18-22-10-12-23(33-3)13-11-22/h5-15,29H,4,16-18H2,1-3H3,(H,31,32). The van der Waals surface area contributed by atoms with E-state index in [2.05, 4.69) is 42.6 Å². The third kappa shape index (κ3) is 4.94. The lowest BCUT2D eigenvalue weighted by Crippen LogP contribution is -2.17. The first-order valence-corrected chi connectivity index (χ1v) is 11.3. The molecule has 170 valence electrons. The smallest absolute Gasteiger partial charge is 0.352 e. The van der Waals surface area contributed by atoms with Gasteiger partial charge in [0.15, 0.2) is 0 Å². The van der Waals surface area contributed by atoms with Crippen LogP contribution in [0.4, 0.5) is 0 Å². The molecule has 1 aromatic heterocycles. The number of fused-ring (bicyclic) bond motifs is 1. The van der Waals surface area contributed by atoms with Gasteiger partial charge >= 0.3 is 5.97 Å². The van der Waals surface area contributed by atoms with Crippen LogP contribution >= 0.6 is 0 Å². The molecule has 0 atom stereocenters. The fourth-order valence-electron chi connectivity index (χ4n) is 4.26. The average Bonchev–Trinajstić information content (AvgIpc) is 3.12. The van der Waals surface area contributed by atoms with Gasteiger partial charge in [-0.3, -0.25) is 0 Å². The van der Waals surface area contributed by atoms with Crippen LogP contribution in [0.25, 0.3) is 10.9 Å². The lowest BCUT2D eigenvalue weighted by atomic mass is 10.1. The van der Waals surface area contributed by atoms with Crippen LogP contribution in [0, 0.1) is 6.92 Å². The van der Waals surface area contributed by atoms with Gasteiger partial charge in [0.25, 0.3) is 0 Å². The molecular weight excluding hydrogens is 412 g/mol. The van der Waals surface area contributed by atoms with Crippen LogP contribution in [0.15, 0.2) is 66.7 Å². The van der Waals surface area contributed by atoms with Crippen LogP contribution in [0.3, 0.4) is 0 Å². The van der Waals surface area contributed by atoms with E-state index in [9.17, 15) is 9.90 Å². The first kappa shape index (κ1) is 22.6.